The first kappa shape index (κ1) is 67.8. The second kappa shape index (κ2) is 59.4. The number of amides is 1. The van der Waals surface area contributed by atoms with Crippen LogP contribution in [0.5, 0.6) is 0 Å². The van der Waals surface area contributed by atoms with Gasteiger partial charge < -0.3 is 20.3 Å². The Morgan fingerprint density at radius 2 is 0.714 bits per heavy atom. The molecule has 3 N–H and O–H groups in total. The molecule has 0 saturated carbocycles. The number of hydrogen-bond donors (Lipinski definition) is 3. The van der Waals surface area contributed by atoms with Gasteiger partial charge in [0.05, 0.1) is 25.4 Å². The molecule has 0 aliphatic heterocycles. The summed E-state index contributed by atoms with van der Waals surface area (Å²) in [5.74, 6) is -0.0761. The summed E-state index contributed by atoms with van der Waals surface area (Å²) in [6.07, 6.45) is 75.8. The SMILES string of the molecule is CCCCCCCC/C=C\CCCCCCCCCC(=O)OCCCCCCCCCCC/C=C\C/C=C\CCCCCCCCCC(=O)NC(CO)C(O)/C=C/CCCCCCCCCCCCC. The average Bonchev–Trinajstić information content (AvgIpc) is 3.36. The van der Waals surface area contributed by atoms with E-state index in [2.05, 4.69) is 55.6 Å². The van der Waals surface area contributed by atoms with Gasteiger partial charge in [-0.25, -0.2) is 0 Å². The van der Waals surface area contributed by atoms with Gasteiger partial charge in [-0.1, -0.05) is 268 Å². The molecule has 0 aliphatic carbocycles. The van der Waals surface area contributed by atoms with Gasteiger partial charge in [-0.15, -0.1) is 0 Å². The Bertz CT molecular complexity index is 1180. The van der Waals surface area contributed by atoms with Gasteiger partial charge in [-0.2, -0.15) is 0 Å². The molecule has 1 amide bonds. The number of unbranched alkanes of at least 4 members (excludes halogenated alkanes) is 40. The zero-order valence-electron chi connectivity index (χ0n) is 46.7. The predicted molar refractivity (Wildman–Crippen MR) is 306 cm³/mol. The molecule has 0 bridgehead atoms. The van der Waals surface area contributed by atoms with Crippen LogP contribution in [0.1, 0.15) is 322 Å². The van der Waals surface area contributed by atoms with Crippen LogP contribution in [-0.2, 0) is 14.3 Å². The third kappa shape index (κ3) is 55.1. The molecule has 0 spiro atoms. The molecule has 0 saturated heterocycles. The Kier molecular flexibility index (Phi) is 57.5. The third-order valence-corrected chi connectivity index (χ3v) is 14.1. The normalized spacial score (nSPS) is 12.9. The number of esters is 1. The summed E-state index contributed by atoms with van der Waals surface area (Å²) in [6, 6.07) is -0.635. The number of rotatable bonds is 57. The topological polar surface area (TPSA) is 95.9 Å². The molecular weight excluding hydrogens is 863 g/mol. The molecule has 2 unspecified atom stereocenters. The number of aliphatic hydroxyl groups is 2. The van der Waals surface area contributed by atoms with E-state index in [1.807, 2.05) is 6.08 Å². The Morgan fingerprint density at radius 3 is 1.10 bits per heavy atom. The average molecular weight is 983 g/mol. The van der Waals surface area contributed by atoms with Crippen molar-refractivity contribution in [3.8, 4) is 0 Å². The lowest BCUT2D eigenvalue weighted by atomic mass is 10.0. The summed E-state index contributed by atoms with van der Waals surface area (Å²) >= 11 is 0. The quantitative estimate of drug-likeness (QED) is 0.0321. The lowest BCUT2D eigenvalue weighted by Crippen LogP contribution is -2.45. The van der Waals surface area contributed by atoms with Crippen molar-refractivity contribution in [2.45, 2.75) is 334 Å². The Morgan fingerprint density at radius 1 is 0.400 bits per heavy atom. The maximum atomic E-state index is 12.4. The first-order valence-corrected chi connectivity index (χ1v) is 30.9. The standard InChI is InChI=1S/C64H119NO5/c1-3-5-7-9-11-13-15-17-18-26-30-34-38-42-46-50-54-58-64(69)70-59-55-51-47-43-39-35-31-28-25-23-21-19-20-22-24-27-29-33-37-41-45-49-53-57-63(68)65-61(60-66)62(67)56-52-48-44-40-36-32-16-14-12-10-8-6-4-2/h17-19,21-22,24,52,56,61-62,66-67H,3-16,20,23,25-51,53-55,57-60H2,1-2H3,(H,65,68)/b18-17-,21-19-,24-22-,56-52+. The smallest absolute Gasteiger partial charge is 0.305 e. The van der Waals surface area contributed by atoms with Gasteiger partial charge in [0.15, 0.2) is 0 Å². The highest BCUT2D eigenvalue weighted by Gasteiger charge is 2.18. The van der Waals surface area contributed by atoms with Crippen LogP contribution in [0.25, 0.3) is 0 Å². The van der Waals surface area contributed by atoms with Crippen LogP contribution in [-0.4, -0.2) is 47.4 Å². The van der Waals surface area contributed by atoms with E-state index < -0.39 is 12.1 Å². The monoisotopic (exact) mass is 982 g/mol. The molecule has 70 heavy (non-hydrogen) atoms. The number of allylic oxidation sites excluding steroid dienone is 7. The number of aliphatic hydroxyl groups excluding tert-OH is 2. The molecule has 6 heteroatoms. The van der Waals surface area contributed by atoms with Crippen LogP contribution < -0.4 is 5.32 Å². The van der Waals surface area contributed by atoms with Crippen molar-refractivity contribution in [3.05, 3.63) is 48.6 Å². The van der Waals surface area contributed by atoms with Crippen molar-refractivity contribution in [1.29, 1.82) is 0 Å². The van der Waals surface area contributed by atoms with Crippen molar-refractivity contribution in [3.63, 3.8) is 0 Å². The molecule has 0 aromatic rings. The number of hydrogen-bond acceptors (Lipinski definition) is 5. The van der Waals surface area contributed by atoms with Crippen LogP contribution >= 0.6 is 0 Å². The third-order valence-electron chi connectivity index (χ3n) is 14.1. The zero-order valence-corrected chi connectivity index (χ0v) is 46.7. The lowest BCUT2D eigenvalue weighted by Gasteiger charge is -2.20. The molecule has 0 aliphatic rings. The maximum Gasteiger partial charge on any atom is 0.305 e. The van der Waals surface area contributed by atoms with Crippen LogP contribution in [0.4, 0.5) is 0 Å². The number of ether oxygens (including phenoxy) is 1. The van der Waals surface area contributed by atoms with Crippen LogP contribution in [0.2, 0.25) is 0 Å². The molecular formula is C64H119NO5. The fourth-order valence-electron chi connectivity index (χ4n) is 9.31. The molecule has 0 fully saturated rings. The zero-order chi connectivity index (χ0) is 50.7. The van der Waals surface area contributed by atoms with Crippen molar-refractivity contribution < 1.29 is 24.5 Å². The molecule has 0 aromatic heterocycles. The Balaban J connectivity index is 3.46. The van der Waals surface area contributed by atoms with E-state index in [0.717, 1.165) is 64.2 Å². The van der Waals surface area contributed by atoms with E-state index in [1.165, 1.54) is 231 Å². The second-order valence-electron chi connectivity index (χ2n) is 21.0. The van der Waals surface area contributed by atoms with E-state index >= 15 is 0 Å². The van der Waals surface area contributed by atoms with Crippen molar-refractivity contribution in [1.82, 2.24) is 5.32 Å². The molecule has 2 atom stereocenters. The summed E-state index contributed by atoms with van der Waals surface area (Å²) in [7, 11) is 0. The largest absolute Gasteiger partial charge is 0.466 e. The van der Waals surface area contributed by atoms with E-state index in [4.69, 9.17) is 4.74 Å². The number of carbonyl (C=O) groups excluding carboxylic acids is 2. The van der Waals surface area contributed by atoms with Crippen molar-refractivity contribution in [2.24, 2.45) is 0 Å². The summed E-state index contributed by atoms with van der Waals surface area (Å²) in [5.41, 5.74) is 0. The Hall–Kier alpha value is -2.18. The molecule has 410 valence electrons. The minimum atomic E-state index is -0.851. The molecule has 6 nitrogen and oxygen atoms in total. The van der Waals surface area contributed by atoms with Gasteiger partial charge in [0, 0.05) is 12.8 Å². The van der Waals surface area contributed by atoms with Crippen molar-refractivity contribution >= 4 is 11.9 Å². The molecule has 0 aromatic carbocycles. The second-order valence-corrected chi connectivity index (χ2v) is 21.0. The maximum absolute atomic E-state index is 12.4. The van der Waals surface area contributed by atoms with Gasteiger partial charge in [0.2, 0.25) is 5.91 Å². The van der Waals surface area contributed by atoms with Gasteiger partial charge in [-0.05, 0) is 89.9 Å². The van der Waals surface area contributed by atoms with E-state index in [1.54, 1.807) is 6.08 Å². The molecule has 0 rings (SSSR count). The summed E-state index contributed by atoms with van der Waals surface area (Å²) in [6.45, 7) is 4.89. The van der Waals surface area contributed by atoms with Crippen LogP contribution in [0.3, 0.4) is 0 Å². The Labute approximate surface area is 436 Å². The number of nitrogens with one attached hydrogen (secondary N) is 1. The minimum Gasteiger partial charge on any atom is -0.466 e. The first-order chi connectivity index (χ1) is 34.5. The van der Waals surface area contributed by atoms with Gasteiger partial charge in [0.1, 0.15) is 0 Å². The molecule has 0 radical (unpaired) electrons. The summed E-state index contributed by atoms with van der Waals surface area (Å²) in [5, 5.41) is 23.1. The highest BCUT2D eigenvalue weighted by atomic mass is 16.5. The highest BCUT2D eigenvalue weighted by Crippen LogP contribution is 2.16. The van der Waals surface area contributed by atoms with Crippen LogP contribution in [0, 0.1) is 0 Å². The number of carbonyl (C=O) groups is 2. The van der Waals surface area contributed by atoms with E-state index in [0.29, 0.717) is 19.4 Å². The van der Waals surface area contributed by atoms with Gasteiger partial charge >= 0.3 is 5.97 Å². The van der Waals surface area contributed by atoms with Crippen molar-refractivity contribution in [2.75, 3.05) is 13.2 Å². The fourth-order valence-corrected chi connectivity index (χ4v) is 9.31. The molecule has 0 heterocycles. The summed E-state index contributed by atoms with van der Waals surface area (Å²) < 4.78 is 5.49. The van der Waals surface area contributed by atoms with Crippen LogP contribution in [0.15, 0.2) is 48.6 Å². The van der Waals surface area contributed by atoms with E-state index in [-0.39, 0.29) is 18.5 Å². The fraction of sp³-hybridized carbons (Fsp3) is 0.844. The predicted octanol–water partition coefficient (Wildman–Crippen LogP) is 19.4. The van der Waals surface area contributed by atoms with Gasteiger partial charge in [-0.3, -0.25) is 9.59 Å². The minimum absolute atomic E-state index is 0.00284. The lowest BCUT2D eigenvalue weighted by molar-refractivity contribution is -0.143. The summed E-state index contributed by atoms with van der Waals surface area (Å²) in [4.78, 5) is 24.5. The van der Waals surface area contributed by atoms with E-state index in [9.17, 15) is 19.8 Å². The van der Waals surface area contributed by atoms with Gasteiger partial charge in [0.25, 0.3) is 0 Å². The highest BCUT2D eigenvalue weighted by molar-refractivity contribution is 5.76. The first-order valence-electron chi connectivity index (χ1n) is 30.9.